The Morgan fingerprint density at radius 1 is 0.389 bits per heavy atom. The number of hydrogen-bond acceptors (Lipinski definition) is 5. The van der Waals surface area contributed by atoms with Crippen molar-refractivity contribution in [3.05, 3.63) is 0 Å². The summed E-state index contributed by atoms with van der Waals surface area (Å²) in [5.74, 6) is -0.403. The van der Waals surface area contributed by atoms with E-state index >= 15 is 0 Å². The third kappa shape index (κ3) is 40.0. The van der Waals surface area contributed by atoms with E-state index in [1.54, 1.807) is 4.90 Å². The average Bonchev–Trinajstić information content (AvgIpc) is 3.13. The molecule has 1 amide bonds. The summed E-state index contributed by atoms with van der Waals surface area (Å²) in [5, 5.41) is 0. The first-order valence-electron chi connectivity index (χ1n) is 23.6. The van der Waals surface area contributed by atoms with Crippen molar-refractivity contribution in [1.82, 2.24) is 4.90 Å². The van der Waals surface area contributed by atoms with E-state index in [0.29, 0.717) is 37.0 Å². The fourth-order valence-corrected chi connectivity index (χ4v) is 7.19. The predicted octanol–water partition coefficient (Wildman–Crippen LogP) is 12.9. The number of unbranched alkanes of at least 4 members (excludes halogenated alkanes) is 30. The highest BCUT2D eigenvalue weighted by molar-refractivity contribution is 5.77. The van der Waals surface area contributed by atoms with Crippen LogP contribution in [0.15, 0.2) is 0 Å². The van der Waals surface area contributed by atoms with Gasteiger partial charge in [0.05, 0.1) is 34.2 Å². The summed E-state index contributed by atoms with van der Waals surface area (Å²) in [4.78, 5) is 39.4. The van der Waals surface area contributed by atoms with Crippen molar-refractivity contribution in [2.24, 2.45) is 0 Å². The van der Waals surface area contributed by atoms with Gasteiger partial charge < -0.3 is 18.9 Å². The molecule has 0 aliphatic heterocycles. The summed E-state index contributed by atoms with van der Waals surface area (Å²) >= 11 is 0. The van der Waals surface area contributed by atoms with Gasteiger partial charge in [0.2, 0.25) is 0 Å². The number of likely N-dealkylation sites (N-methyl/N-ethyl adjacent to an activating group) is 1. The lowest BCUT2D eigenvalue weighted by molar-refractivity contribution is -0.862. The normalized spacial score (nSPS) is 11.6. The average molecular weight is 766 g/mol. The minimum Gasteiger partial charge on any atom is -0.464 e. The lowest BCUT2D eigenvalue weighted by atomic mass is 10.0. The van der Waals surface area contributed by atoms with Crippen LogP contribution >= 0.6 is 0 Å². The molecule has 0 aromatic carbocycles. The van der Waals surface area contributed by atoms with Gasteiger partial charge in [-0.25, -0.2) is 0 Å². The third-order valence-electron chi connectivity index (χ3n) is 10.7. The van der Waals surface area contributed by atoms with Crippen LogP contribution in [0.3, 0.4) is 0 Å². The Morgan fingerprint density at radius 3 is 0.870 bits per heavy atom. The first kappa shape index (κ1) is 52.4. The van der Waals surface area contributed by atoms with Gasteiger partial charge in [-0.2, -0.15) is 0 Å². The van der Waals surface area contributed by atoms with Crippen molar-refractivity contribution in [1.29, 1.82) is 0 Å². The zero-order valence-electron chi connectivity index (χ0n) is 37.0. The van der Waals surface area contributed by atoms with Gasteiger partial charge in [0.1, 0.15) is 13.2 Å². The first-order chi connectivity index (χ1) is 26.2. The Hall–Kier alpha value is -1.63. The Morgan fingerprint density at radius 2 is 0.630 bits per heavy atom. The molecule has 54 heavy (non-hydrogen) atoms. The van der Waals surface area contributed by atoms with Crippen LogP contribution in [0, 0.1) is 0 Å². The van der Waals surface area contributed by atoms with Crippen molar-refractivity contribution in [3.8, 4) is 0 Å². The van der Waals surface area contributed by atoms with Gasteiger partial charge >= 0.3 is 11.9 Å². The van der Waals surface area contributed by atoms with E-state index in [0.717, 1.165) is 25.7 Å². The molecule has 0 N–H and O–H groups in total. The van der Waals surface area contributed by atoms with Gasteiger partial charge in [-0.1, -0.05) is 206 Å². The van der Waals surface area contributed by atoms with Crippen LogP contribution < -0.4 is 0 Å². The van der Waals surface area contributed by atoms with Crippen LogP contribution in [0.1, 0.15) is 232 Å². The zero-order chi connectivity index (χ0) is 39.8. The molecule has 7 heteroatoms. The lowest BCUT2D eigenvalue weighted by Crippen LogP contribution is -2.48. The smallest absolute Gasteiger partial charge is 0.305 e. The summed E-state index contributed by atoms with van der Waals surface area (Å²) in [6.07, 6.45) is 42.7. The molecule has 0 unspecified atom stereocenters. The predicted molar refractivity (Wildman–Crippen MR) is 230 cm³/mol. The van der Waals surface area contributed by atoms with Crippen LogP contribution in [0.2, 0.25) is 0 Å². The summed E-state index contributed by atoms with van der Waals surface area (Å²) < 4.78 is 11.5. The molecule has 0 saturated carbocycles. The molecule has 0 aliphatic carbocycles. The van der Waals surface area contributed by atoms with E-state index < -0.39 is 0 Å². The molecule has 320 valence electrons. The van der Waals surface area contributed by atoms with E-state index in [-0.39, 0.29) is 31.1 Å². The standard InChI is InChI=1S/C47H93N2O5/c1-6-8-10-12-14-16-18-20-22-24-26-28-30-32-34-36-38-46(51)53-42-40-48(45(50)44-49(3,4)5)41-43-54-47(52)39-37-35-33-31-29-27-25-23-21-19-17-15-13-11-9-7-2/h6-44H2,1-5H3/q+1. The Balaban J connectivity index is 3.91. The number of esters is 2. The fraction of sp³-hybridized carbons (Fsp3) is 0.936. The number of hydrogen-bond donors (Lipinski definition) is 0. The molecule has 0 aliphatic rings. The fourth-order valence-electron chi connectivity index (χ4n) is 7.19. The first-order valence-corrected chi connectivity index (χ1v) is 23.6. The molecular formula is C47H93N2O5+. The second kappa shape index (κ2) is 39.6. The van der Waals surface area contributed by atoms with Crippen molar-refractivity contribution < 1.29 is 28.3 Å². The molecule has 0 saturated heterocycles. The number of rotatable bonds is 42. The lowest BCUT2D eigenvalue weighted by Gasteiger charge is -2.28. The quantitative estimate of drug-likeness (QED) is 0.0351. The van der Waals surface area contributed by atoms with E-state index in [1.807, 2.05) is 21.1 Å². The van der Waals surface area contributed by atoms with Crippen LogP contribution in [0.4, 0.5) is 0 Å². The van der Waals surface area contributed by atoms with Crippen LogP contribution in [0.25, 0.3) is 0 Å². The Kier molecular flexibility index (Phi) is 38.4. The molecule has 0 radical (unpaired) electrons. The monoisotopic (exact) mass is 766 g/mol. The second-order valence-corrected chi connectivity index (χ2v) is 17.4. The van der Waals surface area contributed by atoms with E-state index in [1.165, 1.54) is 180 Å². The molecule has 0 aromatic heterocycles. The highest BCUT2D eigenvalue weighted by Crippen LogP contribution is 2.16. The maximum absolute atomic E-state index is 13.0. The molecular weight excluding hydrogens is 673 g/mol. The molecule has 0 rings (SSSR count). The van der Waals surface area contributed by atoms with E-state index in [9.17, 15) is 14.4 Å². The van der Waals surface area contributed by atoms with Crippen molar-refractivity contribution in [2.45, 2.75) is 232 Å². The van der Waals surface area contributed by atoms with Gasteiger partial charge in [-0.3, -0.25) is 14.4 Å². The number of quaternary nitrogens is 1. The summed E-state index contributed by atoms with van der Waals surface area (Å²) in [5.41, 5.74) is 0. The third-order valence-corrected chi connectivity index (χ3v) is 10.7. The van der Waals surface area contributed by atoms with E-state index in [2.05, 4.69) is 13.8 Å². The number of carbonyl (C=O) groups excluding carboxylic acids is 3. The highest BCUT2D eigenvalue weighted by Gasteiger charge is 2.21. The summed E-state index contributed by atoms with van der Waals surface area (Å²) in [7, 11) is 5.94. The molecule has 0 aromatic rings. The molecule has 0 heterocycles. The number of amides is 1. The number of ether oxygens (including phenoxy) is 2. The summed E-state index contributed by atoms with van der Waals surface area (Å²) in [6.45, 7) is 5.88. The van der Waals surface area contributed by atoms with Crippen molar-refractivity contribution in [2.75, 3.05) is 54.0 Å². The Labute approximate surface area is 336 Å². The maximum Gasteiger partial charge on any atom is 0.305 e. The minimum atomic E-state index is -0.190. The topological polar surface area (TPSA) is 72.9 Å². The van der Waals surface area contributed by atoms with Crippen LogP contribution in [0.5, 0.6) is 0 Å². The molecule has 0 atom stereocenters. The highest BCUT2D eigenvalue weighted by atomic mass is 16.5. The number of carbonyl (C=O) groups is 3. The maximum atomic E-state index is 13.0. The van der Waals surface area contributed by atoms with E-state index in [4.69, 9.17) is 9.47 Å². The van der Waals surface area contributed by atoms with Gasteiger partial charge in [-0.05, 0) is 12.8 Å². The van der Waals surface area contributed by atoms with Gasteiger partial charge in [-0.15, -0.1) is 0 Å². The molecule has 0 fully saturated rings. The summed E-state index contributed by atoms with van der Waals surface area (Å²) in [6, 6.07) is 0. The Bertz CT molecular complexity index is 788. The molecule has 7 nitrogen and oxygen atoms in total. The van der Waals surface area contributed by atoms with Gasteiger partial charge in [0, 0.05) is 12.8 Å². The zero-order valence-corrected chi connectivity index (χ0v) is 37.0. The molecule has 0 spiro atoms. The molecule has 0 bridgehead atoms. The SMILES string of the molecule is CCCCCCCCCCCCCCCCCCC(=O)OCCN(CCOC(=O)CCCCCCCCCCCCCCCCCC)C(=O)C[N+](C)(C)C. The van der Waals surface area contributed by atoms with Crippen LogP contribution in [-0.4, -0.2) is 81.2 Å². The minimum absolute atomic E-state index is 0.0230. The van der Waals surface area contributed by atoms with Crippen LogP contribution in [-0.2, 0) is 23.9 Å². The van der Waals surface area contributed by atoms with Gasteiger partial charge in [0.25, 0.3) is 5.91 Å². The van der Waals surface area contributed by atoms with Crippen molar-refractivity contribution in [3.63, 3.8) is 0 Å². The largest absolute Gasteiger partial charge is 0.464 e. The second-order valence-electron chi connectivity index (χ2n) is 17.4. The van der Waals surface area contributed by atoms with Crippen molar-refractivity contribution >= 4 is 17.8 Å². The number of nitrogens with zero attached hydrogens (tertiary/aromatic N) is 2. The van der Waals surface area contributed by atoms with Gasteiger partial charge in [0.15, 0.2) is 6.54 Å².